The van der Waals surface area contributed by atoms with Crippen LogP contribution in [0.25, 0.3) is 0 Å². The third-order valence-corrected chi connectivity index (χ3v) is 4.68. The zero-order chi connectivity index (χ0) is 10.8. The number of nitrogens with one attached hydrogen (secondary N) is 1. The maximum absolute atomic E-state index is 12.3. The highest BCUT2D eigenvalue weighted by Gasteiger charge is 2.35. The highest BCUT2D eigenvalue weighted by molar-refractivity contribution is 7.99. The van der Waals surface area contributed by atoms with Crippen LogP contribution < -0.4 is 5.32 Å². The van der Waals surface area contributed by atoms with Gasteiger partial charge in [-0.2, -0.15) is 11.8 Å². The van der Waals surface area contributed by atoms with Gasteiger partial charge in [-0.1, -0.05) is 0 Å². The van der Waals surface area contributed by atoms with Crippen LogP contribution in [0.4, 0.5) is 0 Å². The molecular formula is C11H20N2OS. The lowest BCUT2D eigenvalue weighted by atomic mass is 9.99. The van der Waals surface area contributed by atoms with Crippen molar-refractivity contribution in [2.75, 3.05) is 24.6 Å². The van der Waals surface area contributed by atoms with Crippen molar-refractivity contribution in [3.05, 3.63) is 0 Å². The Morgan fingerprint density at radius 1 is 1.47 bits per heavy atom. The Morgan fingerprint density at radius 2 is 2.27 bits per heavy atom. The van der Waals surface area contributed by atoms with Crippen LogP contribution in [0.15, 0.2) is 0 Å². The molecule has 3 atom stereocenters. The van der Waals surface area contributed by atoms with Crippen LogP contribution in [0, 0.1) is 5.92 Å². The van der Waals surface area contributed by atoms with Crippen molar-refractivity contribution < 1.29 is 4.79 Å². The summed E-state index contributed by atoms with van der Waals surface area (Å²) in [7, 11) is 0. The van der Waals surface area contributed by atoms with E-state index in [0.717, 1.165) is 31.0 Å². The lowest BCUT2D eigenvalue weighted by Crippen LogP contribution is -2.48. The van der Waals surface area contributed by atoms with Crippen LogP contribution in [0.2, 0.25) is 0 Å². The molecule has 86 valence electrons. The first kappa shape index (κ1) is 11.3. The van der Waals surface area contributed by atoms with Crippen LogP contribution in [0.3, 0.4) is 0 Å². The predicted molar refractivity (Wildman–Crippen MR) is 64.1 cm³/mol. The molecule has 0 aromatic heterocycles. The van der Waals surface area contributed by atoms with Crippen molar-refractivity contribution in [2.45, 2.75) is 32.4 Å². The number of carbonyl (C=O) groups is 1. The molecule has 15 heavy (non-hydrogen) atoms. The third-order valence-electron chi connectivity index (χ3n) is 3.49. The van der Waals surface area contributed by atoms with Gasteiger partial charge in [-0.05, 0) is 26.8 Å². The Morgan fingerprint density at radius 3 is 2.87 bits per heavy atom. The molecule has 0 aromatic rings. The van der Waals surface area contributed by atoms with Crippen molar-refractivity contribution in [1.82, 2.24) is 10.2 Å². The Balaban J connectivity index is 1.99. The molecule has 1 amide bonds. The van der Waals surface area contributed by atoms with Gasteiger partial charge in [0.15, 0.2) is 0 Å². The second-order valence-corrected chi connectivity index (χ2v) is 5.74. The number of amides is 1. The second kappa shape index (κ2) is 4.74. The van der Waals surface area contributed by atoms with Gasteiger partial charge in [0.25, 0.3) is 0 Å². The third kappa shape index (κ3) is 2.31. The summed E-state index contributed by atoms with van der Waals surface area (Å²) in [6.45, 7) is 6.22. The van der Waals surface area contributed by atoms with E-state index >= 15 is 0 Å². The molecular weight excluding hydrogens is 208 g/mol. The van der Waals surface area contributed by atoms with Gasteiger partial charge in [0.05, 0.1) is 5.92 Å². The van der Waals surface area contributed by atoms with E-state index < -0.39 is 0 Å². The first-order valence-electron chi connectivity index (χ1n) is 5.81. The van der Waals surface area contributed by atoms with Gasteiger partial charge in [-0.15, -0.1) is 0 Å². The van der Waals surface area contributed by atoms with E-state index in [0.29, 0.717) is 18.0 Å². The van der Waals surface area contributed by atoms with Crippen molar-refractivity contribution in [1.29, 1.82) is 0 Å². The molecule has 3 unspecified atom stereocenters. The van der Waals surface area contributed by atoms with E-state index in [1.54, 1.807) is 0 Å². The fourth-order valence-corrected chi connectivity index (χ4v) is 3.48. The van der Waals surface area contributed by atoms with Crippen molar-refractivity contribution in [3.63, 3.8) is 0 Å². The Labute approximate surface area is 96.0 Å². The van der Waals surface area contributed by atoms with Crippen LogP contribution >= 0.6 is 11.8 Å². The number of thioether (sulfide) groups is 1. The van der Waals surface area contributed by atoms with Crippen LogP contribution in [-0.4, -0.2) is 47.5 Å². The standard InChI is InChI=1S/C11H20N2OS/c1-8-7-15-6-5-13(8)11(14)10-3-4-12-9(10)2/h8-10,12H,3-7H2,1-2H3. The van der Waals surface area contributed by atoms with Crippen LogP contribution in [-0.2, 0) is 4.79 Å². The number of carbonyl (C=O) groups excluding carboxylic acids is 1. The highest BCUT2D eigenvalue weighted by Crippen LogP contribution is 2.23. The van der Waals surface area contributed by atoms with Gasteiger partial charge in [-0.25, -0.2) is 0 Å². The summed E-state index contributed by atoms with van der Waals surface area (Å²) >= 11 is 1.96. The van der Waals surface area contributed by atoms with Crippen LogP contribution in [0.5, 0.6) is 0 Å². The fraction of sp³-hybridized carbons (Fsp3) is 0.909. The summed E-state index contributed by atoms with van der Waals surface area (Å²) in [5.41, 5.74) is 0. The first-order chi connectivity index (χ1) is 7.20. The van der Waals surface area contributed by atoms with Gasteiger partial charge in [0.2, 0.25) is 5.91 Å². The van der Waals surface area contributed by atoms with E-state index in [-0.39, 0.29) is 5.92 Å². The molecule has 0 radical (unpaired) electrons. The van der Waals surface area contributed by atoms with Crippen molar-refractivity contribution >= 4 is 17.7 Å². The molecule has 2 saturated heterocycles. The van der Waals surface area contributed by atoms with Gasteiger partial charge in [0.1, 0.15) is 0 Å². The molecule has 0 saturated carbocycles. The normalized spacial score (nSPS) is 36.9. The molecule has 2 aliphatic heterocycles. The van der Waals surface area contributed by atoms with E-state index in [1.165, 1.54) is 0 Å². The summed E-state index contributed by atoms with van der Waals surface area (Å²) in [6, 6.07) is 0.781. The summed E-state index contributed by atoms with van der Waals surface area (Å²) in [5.74, 6) is 2.79. The van der Waals surface area contributed by atoms with Gasteiger partial charge >= 0.3 is 0 Å². The van der Waals surface area contributed by atoms with Crippen molar-refractivity contribution in [2.24, 2.45) is 5.92 Å². The SMILES string of the molecule is CC1NCCC1C(=O)N1CCSCC1C. The van der Waals surface area contributed by atoms with Gasteiger partial charge < -0.3 is 10.2 Å². The maximum atomic E-state index is 12.3. The topological polar surface area (TPSA) is 32.3 Å². The van der Waals surface area contributed by atoms with Gasteiger partial charge in [0, 0.05) is 30.1 Å². The van der Waals surface area contributed by atoms with E-state index in [2.05, 4.69) is 24.1 Å². The molecule has 4 heteroatoms. The minimum atomic E-state index is 0.218. The van der Waals surface area contributed by atoms with Crippen molar-refractivity contribution in [3.8, 4) is 0 Å². The van der Waals surface area contributed by atoms with E-state index in [1.807, 2.05) is 11.8 Å². The predicted octanol–water partition coefficient (Wildman–Crippen LogP) is 0.948. The maximum Gasteiger partial charge on any atom is 0.227 e. The molecule has 0 spiro atoms. The summed E-state index contributed by atoms with van der Waals surface area (Å²) in [5, 5.41) is 3.35. The van der Waals surface area contributed by atoms with E-state index in [9.17, 15) is 4.79 Å². The second-order valence-electron chi connectivity index (χ2n) is 4.59. The molecule has 2 heterocycles. The fourth-order valence-electron chi connectivity index (χ4n) is 2.46. The molecule has 2 aliphatic rings. The molecule has 1 N–H and O–H groups in total. The van der Waals surface area contributed by atoms with Crippen LogP contribution in [0.1, 0.15) is 20.3 Å². The lowest BCUT2D eigenvalue weighted by Gasteiger charge is -2.35. The lowest BCUT2D eigenvalue weighted by molar-refractivity contribution is -0.137. The van der Waals surface area contributed by atoms with E-state index in [4.69, 9.17) is 0 Å². The Hall–Kier alpha value is -0.220. The highest BCUT2D eigenvalue weighted by atomic mass is 32.2. The zero-order valence-corrected chi connectivity index (χ0v) is 10.3. The summed E-state index contributed by atoms with van der Waals surface area (Å²) < 4.78 is 0. The Kier molecular flexibility index (Phi) is 3.57. The quantitative estimate of drug-likeness (QED) is 0.725. The zero-order valence-electron chi connectivity index (χ0n) is 9.53. The molecule has 2 rings (SSSR count). The minimum absolute atomic E-state index is 0.218. The van der Waals surface area contributed by atoms with Gasteiger partial charge in [-0.3, -0.25) is 4.79 Å². The monoisotopic (exact) mass is 228 g/mol. The smallest absolute Gasteiger partial charge is 0.227 e. The number of nitrogens with zero attached hydrogens (tertiary/aromatic N) is 1. The molecule has 0 aromatic carbocycles. The molecule has 2 fully saturated rings. The minimum Gasteiger partial charge on any atom is -0.338 e. The first-order valence-corrected chi connectivity index (χ1v) is 6.97. The molecule has 3 nitrogen and oxygen atoms in total. The Bertz CT molecular complexity index is 247. The number of hydrogen-bond acceptors (Lipinski definition) is 3. The summed E-state index contributed by atoms with van der Waals surface area (Å²) in [4.78, 5) is 14.4. The summed E-state index contributed by atoms with van der Waals surface area (Å²) in [6.07, 6.45) is 1.01. The largest absolute Gasteiger partial charge is 0.338 e. The number of rotatable bonds is 1. The average Bonchev–Trinajstić information content (AvgIpc) is 2.64. The molecule has 0 aliphatic carbocycles. The molecule has 0 bridgehead atoms. The number of hydrogen-bond donors (Lipinski definition) is 1. The average molecular weight is 228 g/mol.